The second-order valence-electron chi connectivity index (χ2n) is 8.61. The van der Waals surface area contributed by atoms with Gasteiger partial charge in [-0.15, -0.1) is 0 Å². The number of nitrogens with one attached hydrogen (secondary N) is 2. The second-order valence-corrected chi connectivity index (χ2v) is 9.62. The largest absolute Gasteiger partial charge is 0.374 e. The minimum absolute atomic E-state index is 0.0491. The molecule has 2 atom stereocenters. The molecule has 0 radical (unpaired) electrons. The zero-order chi connectivity index (χ0) is 23.6. The Labute approximate surface area is 197 Å². The molecule has 1 fully saturated rings. The van der Waals surface area contributed by atoms with Gasteiger partial charge in [-0.2, -0.15) is 0 Å². The molecule has 2 aliphatic heterocycles. The number of hydrogen-bond acceptors (Lipinski definition) is 5. The van der Waals surface area contributed by atoms with Crippen molar-refractivity contribution >= 4 is 28.8 Å². The highest BCUT2D eigenvalue weighted by Crippen LogP contribution is 2.46. The van der Waals surface area contributed by atoms with Gasteiger partial charge in [0.25, 0.3) is 5.91 Å². The molecule has 1 saturated heterocycles. The van der Waals surface area contributed by atoms with E-state index in [4.69, 9.17) is 20.9 Å². The van der Waals surface area contributed by atoms with Gasteiger partial charge in [-0.1, -0.05) is 36.0 Å². The van der Waals surface area contributed by atoms with Crippen molar-refractivity contribution in [2.75, 3.05) is 18.8 Å². The average molecular weight is 470 g/mol. The van der Waals surface area contributed by atoms with E-state index in [-0.39, 0.29) is 36.3 Å². The smallest absolute Gasteiger partial charge is 0.257 e. The van der Waals surface area contributed by atoms with Gasteiger partial charge in [0, 0.05) is 29.3 Å². The molecular formula is C24H28FN5O2S. The number of amides is 1. The van der Waals surface area contributed by atoms with Crippen LogP contribution in [0, 0.1) is 17.1 Å². The van der Waals surface area contributed by atoms with Crippen molar-refractivity contribution < 1.29 is 13.9 Å². The van der Waals surface area contributed by atoms with Crippen molar-refractivity contribution in [1.29, 1.82) is 5.41 Å². The molecule has 0 unspecified atom stereocenters. The number of nitrogens with zero attached hydrogens (tertiary/aromatic N) is 2. The summed E-state index contributed by atoms with van der Waals surface area (Å²) in [5.41, 5.74) is 6.64. The number of halogens is 1. The molecule has 0 spiro atoms. The highest BCUT2D eigenvalue weighted by atomic mass is 32.2. The van der Waals surface area contributed by atoms with Crippen LogP contribution in [0.5, 0.6) is 0 Å². The van der Waals surface area contributed by atoms with Crippen molar-refractivity contribution in [3.05, 3.63) is 71.0 Å². The summed E-state index contributed by atoms with van der Waals surface area (Å²) in [6.07, 6.45) is 0.0491. The number of fused-ring (bicyclic) bond motifs is 1. The number of amidine groups is 1. The number of likely N-dealkylation sites (tertiary alicyclic amines) is 1. The molecule has 2 aromatic rings. The van der Waals surface area contributed by atoms with E-state index < -0.39 is 5.54 Å². The van der Waals surface area contributed by atoms with Gasteiger partial charge in [0.1, 0.15) is 11.4 Å². The number of hydrogen-bond donors (Lipinski definition) is 3. The Hall–Kier alpha value is -2.91. The van der Waals surface area contributed by atoms with Crippen LogP contribution in [0.2, 0.25) is 0 Å². The van der Waals surface area contributed by atoms with Gasteiger partial charge in [-0.25, -0.2) is 9.38 Å². The van der Waals surface area contributed by atoms with Crippen LogP contribution in [0.15, 0.2) is 53.5 Å². The fourth-order valence-corrected chi connectivity index (χ4v) is 5.37. The Bertz CT molecular complexity index is 1080. The van der Waals surface area contributed by atoms with E-state index in [2.05, 4.69) is 5.32 Å². The lowest BCUT2D eigenvalue weighted by molar-refractivity contribution is 0.0655. The average Bonchev–Trinajstić information content (AvgIpc) is 3.19. The fourth-order valence-electron chi connectivity index (χ4n) is 4.24. The highest BCUT2D eigenvalue weighted by molar-refractivity contribution is 8.13. The molecular weight excluding hydrogens is 441 g/mol. The summed E-state index contributed by atoms with van der Waals surface area (Å²) >= 11 is 1.43. The molecule has 4 rings (SSSR count). The number of aliphatic imine (C=N–C) groups is 1. The monoisotopic (exact) mass is 469 g/mol. The number of rotatable bonds is 5. The summed E-state index contributed by atoms with van der Waals surface area (Å²) < 4.78 is 21.0. The van der Waals surface area contributed by atoms with Gasteiger partial charge in [-0.3, -0.25) is 10.2 Å². The maximum Gasteiger partial charge on any atom is 0.257 e. The zero-order valence-corrected chi connectivity index (χ0v) is 19.5. The summed E-state index contributed by atoms with van der Waals surface area (Å²) in [6, 6.07) is 13.8. The van der Waals surface area contributed by atoms with Gasteiger partial charge in [0.05, 0.1) is 19.3 Å². The Morgan fingerprint density at radius 1 is 1.36 bits per heavy atom. The summed E-state index contributed by atoms with van der Waals surface area (Å²) in [6.45, 7) is 5.02. The summed E-state index contributed by atoms with van der Waals surface area (Å²) in [4.78, 5) is 19.4. The molecule has 0 saturated carbocycles. The van der Waals surface area contributed by atoms with Crippen LogP contribution in [0.3, 0.4) is 0 Å². The highest BCUT2D eigenvalue weighted by Gasteiger charge is 2.52. The van der Waals surface area contributed by atoms with Crippen LogP contribution < -0.4 is 11.1 Å². The van der Waals surface area contributed by atoms with Crippen LogP contribution in [-0.4, -0.2) is 46.9 Å². The first kappa shape index (κ1) is 23.3. The lowest BCUT2D eigenvalue weighted by Gasteiger charge is -2.36. The topological polar surface area (TPSA) is 104 Å². The third kappa shape index (κ3) is 4.89. The van der Waals surface area contributed by atoms with E-state index in [0.29, 0.717) is 35.2 Å². The van der Waals surface area contributed by atoms with Crippen LogP contribution in [0.25, 0.3) is 0 Å². The molecule has 9 heteroatoms. The van der Waals surface area contributed by atoms with E-state index >= 15 is 4.39 Å². The molecule has 0 aliphatic carbocycles. The fraction of sp³-hybridized carbons (Fsp3) is 0.375. The van der Waals surface area contributed by atoms with Crippen LogP contribution >= 0.6 is 11.8 Å². The third-order valence-electron chi connectivity index (χ3n) is 5.95. The summed E-state index contributed by atoms with van der Waals surface area (Å²) in [5, 5.41) is 11.3. The normalized spacial score (nSPS) is 22.1. The van der Waals surface area contributed by atoms with Crippen molar-refractivity contribution in [3.8, 4) is 0 Å². The minimum Gasteiger partial charge on any atom is -0.374 e. The summed E-state index contributed by atoms with van der Waals surface area (Å²) in [7, 11) is 0. The molecule has 0 aromatic heterocycles. The van der Waals surface area contributed by atoms with Crippen LogP contribution in [0.1, 0.15) is 35.3 Å². The maximum atomic E-state index is 15.3. The second kappa shape index (κ2) is 9.52. The lowest BCUT2D eigenvalue weighted by atomic mass is 9.81. The number of benzene rings is 2. The van der Waals surface area contributed by atoms with Gasteiger partial charge < -0.3 is 20.7 Å². The van der Waals surface area contributed by atoms with E-state index in [1.807, 2.05) is 19.9 Å². The number of carbonyl (C=O) groups is 1. The molecule has 0 bridgehead atoms. The number of thioether (sulfide) groups is 1. The molecule has 4 N–H and O–H groups in total. The maximum absolute atomic E-state index is 15.3. The Morgan fingerprint density at radius 3 is 2.82 bits per heavy atom. The van der Waals surface area contributed by atoms with E-state index in [1.165, 1.54) is 17.8 Å². The molecule has 2 heterocycles. The first-order valence-corrected chi connectivity index (χ1v) is 11.9. The van der Waals surface area contributed by atoms with Gasteiger partial charge in [0.2, 0.25) is 0 Å². The predicted octanol–water partition coefficient (Wildman–Crippen LogP) is 3.30. The molecule has 2 aliphatic rings. The molecule has 1 amide bonds. The van der Waals surface area contributed by atoms with Gasteiger partial charge in [-0.05, 0) is 43.7 Å². The van der Waals surface area contributed by atoms with Crippen molar-refractivity contribution in [1.82, 2.24) is 10.2 Å². The Morgan fingerprint density at radius 2 is 2.12 bits per heavy atom. The lowest BCUT2D eigenvalue weighted by Crippen LogP contribution is -2.43. The van der Waals surface area contributed by atoms with E-state index in [9.17, 15) is 4.79 Å². The molecule has 33 heavy (non-hydrogen) atoms. The van der Waals surface area contributed by atoms with E-state index in [1.54, 1.807) is 41.3 Å². The number of ether oxygens (including phenoxy) is 1. The Kier molecular flexibility index (Phi) is 6.71. The SMILES string of the molecule is CC(C)OCc1ccc(F)c([C@]23CN(C(=N)N)C[C@H]2CSC(NC(=O)c2ccccc2)=N3)c1. The molecule has 7 nitrogen and oxygen atoms in total. The number of guanidine groups is 1. The first-order chi connectivity index (χ1) is 15.8. The quantitative estimate of drug-likeness (QED) is 0.461. The van der Waals surface area contributed by atoms with Crippen molar-refractivity contribution in [2.45, 2.75) is 32.1 Å². The number of carbonyl (C=O) groups excluding carboxylic acids is 1. The van der Waals surface area contributed by atoms with Crippen molar-refractivity contribution in [2.24, 2.45) is 16.6 Å². The first-order valence-electron chi connectivity index (χ1n) is 10.9. The molecule has 2 aromatic carbocycles. The van der Waals surface area contributed by atoms with Crippen LogP contribution in [0.4, 0.5) is 4.39 Å². The third-order valence-corrected chi connectivity index (χ3v) is 6.98. The van der Waals surface area contributed by atoms with Gasteiger partial charge in [0.15, 0.2) is 11.1 Å². The van der Waals surface area contributed by atoms with Gasteiger partial charge >= 0.3 is 0 Å². The van der Waals surface area contributed by atoms with E-state index in [0.717, 1.165) is 5.56 Å². The summed E-state index contributed by atoms with van der Waals surface area (Å²) in [5.74, 6) is -0.165. The Balaban J connectivity index is 1.72. The zero-order valence-electron chi connectivity index (χ0n) is 18.7. The number of nitrogens with two attached hydrogens (primary N) is 1. The molecule has 174 valence electrons. The van der Waals surface area contributed by atoms with Crippen LogP contribution in [-0.2, 0) is 16.9 Å². The minimum atomic E-state index is -0.964. The standard InChI is InChI=1S/C24H28FN5O2S/c1-15(2)32-12-16-8-9-20(25)19(10-16)24-14-30(22(26)27)11-18(24)13-33-23(29-24)28-21(31)17-6-4-3-5-7-17/h3-10,15,18H,11-14H2,1-2H3,(H3,26,27)(H,28,29,31)/t18-,24-/m0/s1. The predicted molar refractivity (Wildman–Crippen MR) is 129 cm³/mol. The van der Waals surface area contributed by atoms with Crippen molar-refractivity contribution in [3.63, 3.8) is 0 Å².